The minimum absolute atomic E-state index is 0.618. The normalized spacial score (nSPS) is 14.6. The van der Waals surface area contributed by atoms with Crippen LogP contribution in [0.3, 0.4) is 0 Å². The SMILES string of the molecule is CCC(C)CC(CC)NCc1cccc(C)n1. The van der Waals surface area contributed by atoms with Crippen LogP contribution in [0.5, 0.6) is 0 Å². The van der Waals surface area contributed by atoms with E-state index in [-0.39, 0.29) is 0 Å². The molecule has 0 amide bonds. The van der Waals surface area contributed by atoms with E-state index < -0.39 is 0 Å². The second-order valence-corrected chi connectivity index (χ2v) is 5.01. The largest absolute Gasteiger partial charge is 0.308 e. The fourth-order valence-electron chi connectivity index (χ4n) is 1.99. The smallest absolute Gasteiger partial charge is 0.0544 e. The highest BCUT2D eigenvalue weighted by molar-refractivity contribution is 5.09. The Morgan fingerprint density at radius 1 is 1.24 bits per heavy atom. The van der Waals surface area contributed by atoms with E-state index in [1.54, 1.807) is 0 Å². The number of aryl methyl sites for hydroxylation is 1. The summed E-state index contributed by atoms with van der Waals surface area (Å²) in [6.07, 6.45) is 3.72. The molecular formula is C15H26N2. The van der Waals surface area contributed by atoms with E-state index in [4.69, 9.17) is 0 Å². The van der Waals surface area contributed by atoms with Gasteiger partial charge in [-0.05, 0) is 37.8 Å². The van der Waals surface area contributed by atoms with Gasteiger partial charge in [0, 0.05) is 18.3 Å². The van der Waals surface area contributed by atoms with Gasteiger partial charge in [-0.1, -0.05) is 33.3 Å². The molecule has 1 heterocycles. The number of nitrogens with one attached hydrogen (secondary N) is 1. The molecule has 0 aliphatic carbocycles. The lowest BCUT2D eigenvalue weighted by atomic mass is 9.98. The van der Waals surface area contributed by atoms with E-state index >= 15 is 0 Å². The molecule has 1 aromatic heterocycles. The van der Waals surface area contributed by atoms with E-state index in [1.807, 2.05) is 13.0 Å². The van der Waals surface area contributed by atoms with Crippen LogP contribution < -0.4 is 5.32 Å². The number of hydrogen-bond donors (Lipinski definition) is 1. The minimum atomic E-state index is 0.618. The van der Waals surface area contributed by atoms with Crippen molar-refractivity contribution in [3.63, 3.8) is 0 Å². The van der Waals surface area contributed by atoms with E-state index in [0.717, 1.165) is 23.9 Å². The molecule has 0 aliphatic heterocycles. The molecule has 2 unspecified atom stereocenters. The molecule has 0 aliphatic rings. The summed E-state index contributed by atoms with van der Waals surface area (Å²) in [5.41, 5.74) is 2.24. The van der Waals surface area contributed by atoms with Crippen molar-refractivity contribution in [1.82, 2.24) is 10.3 Å². The van der Waals surface area contributed by atoms with Gasteiger partial charge in [0.25, 0.3) is 0 Å². The molecule has 1 rings (SSSR count). The Morgan fingerprint density at radius 2 is 2.00 bits per heavy atom. The van der Waals surface area contributed by atoms with Crippen molar-refractivity contribution in [2.45, 2.75) is 59.5 Å². The first-order valence-electron chi connectivity index (χ1n) is 6.81. The van der Waals surface area contributed by atoms with Gasteiger partial charge in [0.05, 0.1) is 5.69 Å². The molecule has 0 fully saturated rings. The Labute approximate surface area is 106 Å². The molecular weight excluding hydrogens is 208 g/mol. The van der Waals surface area contributed by atoms with E-state index in [1.165, 1.54) is 19.3 Å². The first-order chi connectivity index (χ1) is 8.15. The molecule has 0 aromatic carbocycles. The first-order valence-corrected chi connectivity index (χ1v) is 6.81. The summed E-state index contributed by atoms with van der Waals surface area (Å²) in [5.74, 6) is 0.804. The van der Waals surface area contributed by atoms with Crippen LogP contribution in [0.15, 0.2) is 18.2 Å². The van der Waals surface area contributed by atoms with Crippen LogP contribution in [0.25, 0.3) is 0 Å². The maximum absolute atomic E-state index is 4.52. The lowest BCUT2D eigenvalue weighted by Crippen LogP contribution is -2.30. The second kappa shape index (κ2) is 7.44. The molecule has 2 atom stereocenters. The molecule has 2 heteroatoms. The van der Waals surface area contributed by atoms with Gasteiger partial charge in [-0.15, -0.1) is 0 Å². The van der Waals surface area contributed by atoms with Gasteiger partial charge >= 0.3 is 0 Å². The Balaban J connectivity index is 2.42. The summed E-state index contributed by atoms with van der Waals surface area (Å²) < 4.78 is 0. The predicted molar refractivity (Wildman–Crippen MR) is 74.0 cm³/mol. The molecule has 0 saturated heterocycles. The van der Waals surface area contributed by atoms with Crippen LogP contribution in [0, 0.1) is 12.8 Å². The van der Waals surface area contributed by atoms with Crippen LogP contribution >= 0.6 is 0 Å². The zero-order valence-electron chi connectivity index (χ0n) is 11.7. The Morgan fingerprint density at radius 3 is 2.59 bits per heavy atom. The minimum Gasteiger partial charge on any atom is -0.308 e. The number of nitrogens with zero attached hydrogens (tertiary/aromatic N) is 1. The van der Waals surface area contributed by atoms with Crippen molar-refractivity contribution >= 4 is 0 Å². The van der Waals surface area contributed by atoms with Crippen molar-refractivity contribution in [3.05, 3.63) is 29.6 Å². The van der Waals surface area contributed by atoms with Crippen molar-refractivity contribution in [2.24, 2.45) is 5.92 Å². The number of rotatable bonds is 7. The average Bonchev–Trinajstić information content (AvgIpc) is 2.34. The summed E-state index contributed by atoms with van der Waals surface area (Å²) in [4.78, 5) is 4.52. The van der Waals surface area contributed by atoms with Gasteiger partial charge in [0.2, 0.25) is 0 Å². The highest BCUT2D eigenvalue weighted by Crippen LogP contribution is 2.12. The summed E-state index contributed by atoms with van der Waals surface area (Å²) >= 11 is 0. The molecule has 1 N–H and O–H groups in total. The molecule has 2 nitrogen and oxygen atoms in total. The lowest BCUT2D eigenvalue weighted by molar-refractivity contribution is 0.382. The van der Waals surface area contributed by atoms with Gasteiger partial charge in [0.15, 0.2) is 0 Å². The standard InChI is InChI=1S/C15H26N2/c1-5-12(3)10-14(6-2)16-11-15-9-7-8-13(4)17-15/h7-9,12,14,16H,5-6,10-11H2,1-4H3. The van der Waals surface area contributed by atoms with Crippen LogP contribution in [-0.2, 0) is 6.54 Å². The fourth-order valence-corrected chi connectivity index (χ4v) is 1.99. The summed E-state index contributed by atoms with van der Waals surface area (Å²) in [5, 5.41) is 3.62. The molecule has 0 bridgehead atoms. The topological polar surface area (TPSA) is 24.9 Å². The zero-order valence-corrected chi connectivity index (χ0v) is 11.7. The number of aromatic nitrogens is 1. The Hall–Kier alpha value is -0.890. The molecule has 17 heavy (non-hydrogen) atoms. The van der Waals surface area contributed by atoms with Crippen molar-refractivity contribution < 1.29 is 0 Å². The van der Waals surface area contributed by atoms with Gasteiger partial charge in [-0.25, -0.2) is 0 Å². The first kappa shape index (κ1) is 14.2. The van der Waals surface area contributed by atoms with Crippen LogP contribution in [-0.4, -0.2) is 11.0 Å². The maximum Gasteiger partial charge on any atom is 0.0544 e. The Kier molecular flexibility index (Phi) is 6.20. The lowest BCUT2D eigenvalue weighted by Gasteiger charge is -2.20. The molecule has 0 radical (unpaired) electrons. The second-order valence-electron chi connectivity index (χ2n) is 5.01. The van der Waals surface area contributed by atoms with Gasteiger partial charge in [-0.3, -0.25) is 4.98 Å². The maximum atomic E-state index is 4.52. The summed E-state index contributed by atoms with van der Waals surface area (Å²) in [6.45, 7) is 9.77. The number of pyridine rings is 1. The highest BCUT2D eigenvalue weighted by Gasteiger charge is 2.09. The zero-order chi connectivity index (χ0) is 12.7. The van der Waals surface area contributed by atoms with Gasteiger partial charge in [-0.2, -0.15) is 0 Å². The average molecular weight is 234 g/mol. The van der Waals surface area contributed by atoms with Crippen molar-refractivity contribution in [3.8, 4) is 0 Å². The molecule has 0 spiro atoms. The Bertz CT molecular complexity index is 322. The fraction of sp³-hybridized carbons (Fsp3) is 0.667. The summed E-state index contributed by atoms with van der Waals surface area (Å²) in [7, 11) is 0. The monoisotopic (exact) mass is 234 g/mol. The summed E-state index contributed by atoms with van der Waals surface area (Å²) in [6, 6.07) is 6.83. The third kappa shape index (κ3) is 5.31. The van der Waals surface area contributed by atoms with Crippen LogP contribution in [0.2, 0.25) is 0 Å². The molecule has 96 valence electrons. The van der Waals surface area contributed by atoms with E-state index in [9.17, 15) is 0 Å². The van der Waals surface area contributed by atoms with Crippen LogP contribution in [0.1, 0.15) is 51.4 Å². The van der Waals surface area contributed by atoms with Crippen molar-refractivity contribution in [2.75, 3.05) is 0 Å². The third-order valence-electron chi connectivity index (χ3n) is 3.39. The third-order valence-corrected chi connectivity index (χ3v) is 3.39. The van der Waals surface area contributed by atoms with E-state index in [0.29, 0.717) is 6.04 Å². The number of hydrogen-bond acceptors (Lipinski definition) is 2. The molecule has 1 aromatic rings. The van der Waals surface area contributed by atoms with Crippen LogP contribution in [0.4, 0.5) is 0 Å². The predicted octanol–water partition coefficient (Wildman–Crippen LogP) is 3.69. The van der Waals surface area contributed by atoms with E-state index in [2.05, 4.69) is 43.2 Å². The molecule has 0 saturated carbocycles. The van der Waals surface area contributed by atoms with Gasteiger partial charge < -0.3 is 5.32 Å². The highest BCUT2D eigenvalue weighted by atomic mass is 14.9. The van der Waals surface area contributed by atoms with Crippen molar-refractivity contribution in [1.29, 1.82) is 0 Å². The quantitative estimate of drug-likeness (QED) is 0.778. The van der Waals surface area contributed by atoms with Gasteiger partial charge in [0.1, 0.15) is 0 Å².